The summed E-state index contributed by atoms with van der Waals surface area (Å²) in [6.45, 7) is 1.94. The number of carboxylic acid groups (broad SMARTS) is 1. The van der Waals surface area contributed by atoms with E-state index in [1.165, 1.54) is 11.3 Å². The third-order valence-corrected chi connectivity index (χ3v) is 5.26. The summed E-state index contributed by atoms with van der Waals surface area (Å²) in [4.78, 5) is 20.5. The van der Waals surface area contributed by atoms with Crippen LogP contribution in [0.25, 0.3) is 32.0 Å². The molecule has 0 fully saturated rings. The lowest BCUT2D eigenvalue weighted by Gasteiger charge is -1.98. The number of hydrogen-bond donors (Lipinski definition) is 2. The van der Waals surface area contributed by atoms with Gasteiger partial charge in [-0.05, 0) is 24.6 Å². The Bertz CT molecular complexity index is 1100. The van der Waals surface area contributed by atoms with Crippen LogP contribution >= 0.6 is 22.9 Å². The number of pyridine rings is 1. The van der Waals surface area contributed by atoms with Gasteiger partial charge in [0.2, 0.25) is 0 Å². The highest BCUT2D eigenvalue weighted by Crippen LogP contribution is 2.39. The lowest BCUT2D eigenvalue weighted by atomic mass is 10.1. The first-order valence-electron chi connectivity index (χ1n) is 7.34. The first kappa shape index (κ1) is 15.7. The molecule has 0 atom stereocenters. The van der Waals surface area contributed by atoms with Crippen molar-refractivity contribution in [3.8, 4) is 21.1 Å². The minimum atomic E-state index is -1.09. The number of hydrogen-bond acceptors (Lipinski definition) is 5. The van der Waals surface area contributed by atoms with Gasteiger partial charge in [0, 0.05) is 23.3 Å². The number of nitrogens with zero attached hydrogens (tertiary/aromatic N) is 3. The van der Waals surface area contributed by atoms with Gasteiger partial charge in [0.15, 0.2) is 5.69 Å². The normalized spacial score (nSPS) is 11.1. The molecular weight excluding hydrogens is 360 g/mol. The van der Waals surface area contributed by atoms with Crippen molar-refractivity contribution < 1.29 is 9.90 Å². The molecule has 0 radical (unpaired) electrons. The van der Waals surface area contributed by atoms with Gasteiger partial charge in [0.05, 0.1) is 15.4 Å². The summed E-state index contributed by atoms with van der Waals surface area (Å²) in [5, 5.41) is 18.6. The molecular formula is C17H11ClN4O2S. The summed E-state index contributed by atoms with van der Waals surface area (Å²) in [6.07, 6.45) is 3.25. The molecule has 6 nitrogen and oxygen atoms in total. The van der Waals surface area contributed by atoms with Crippen LogP contribution in [-0.4, -0.2) is 31.2 Å². The van der Waals surface area contributed by atoms with Crippen LogP contribution in [0.2, 0.25) is 5.02 Å². The smallest absolute Gasteiger partial charge is 0.356 e. The zero-order valence-electron chi connectivity index (χ0n) is 12.9. The molecule has 0 saturated heterocycles. The van der Waals surface area contributed by atoms with Gasteiger partial charge in [0.1, 0.15) is 10.7 Å². The lowest BCUT2D eigenvalue weighted by molar-refractivity contribution is 0.0692. The van der Waals surface area contributed by atoms with E-state index in [1.54, 1.807) is 30.6 Å². The zero-order chi connectivity index (χ0) is 17.6. The summed E-state index contributed by atoms with van der Waals surface area (Å²) in [5.74, 6) is -1.09. The second-order valence-electron chi connectivity index (χ2n) is 5.43. The van der Waals surface area contributed by atoms with E-state index in [0.717, 1.165) is 16.5 Å². The Morgan fingerprint density at radius 3 is 2.88 bits per heavy atom. The molecule has 2 N–H and O–H groups in total. The number of halogens is 1. The van der Waals surface area contributed by atoms with Crippen LogP contribution in [0.4, 0.5) is 0 Å². The Kier molecular flexibility index (Phi) is 3.74. The Balaban J connectivity index is 1.96. The molecule has 0 saturated carbocycles. The van der Waals surface area contributed by atoms with Crippen molar-refractivity contribution in [3.63, 3.8) is 0 Å². The van der Waals surface area contributed by atoms with Gasteiger partial charge in [-0.25, -0.2) is 9.78 Å². The molecule has 1 aromatic carbocycles. The maximum Gasteiger partial charge on any atom is 0.356 e. The number of fused-ring (bicyclic) bond motifs is 1. The monoisotopic (exact) mass is 370 g/mol. The van der Waals surface area contributed by atoms with Crippen LogP contribution in [0, 0.1) is 6.92 Å². The largest absolute Gasteiger partial charge is 0.476 e. The summed E-state index contributed by atoms with van der Waals surface area (Å²) in [5.41, 5.74) is 3.03. The maximum atomic E-state index is 11.6. The van der Waals surface area contributed by atoms with Crippen molar-refractivity contribution in [1.82, 2.24) is 20.2 Å². The van der Waals surface area contributed by atoms with E-state index in [9.17, 15) is 9.90 Å². The van der Waals surface area contributed by atoms with Gasteiger partial charge in [-0.15, -0.1) is 11.3 Å². The standard InChI is InChI=1S/C17H11ClN4O2S/c1-8-4-5-10(18)11-12(8)21-22-13(11)16-20-14(17(23)24)15(25-16)9-3-2-6-19-7-9/h2-7H,1H3,(H,21,22)(H,23,24). The highest BCUT2D eigenvalue weighted by atomic mass is 35.5. The van der Waals surface area contributed by atoms with Gasteiger partial charge in [-0.3, -0.25) is 10.1 Å². The van der Waals surface area contributed by atoms with Crippen molar-refractivity contribution in [2.45, 2.75) is 6.92 Å². The van der Waals surface area contributed by atoms with E-state index in [4.69, 9.17) is 11.6 Å². The van der Waals surface area contributed by atoms with E-state index in [-0.39, 0.29) is 5.69 Å². The summed E-state index contributed by atoms with van der Waals surface area (Å²) in [6, 6.07) is 7.25. The first-order chi connectivity index (χ1) is 12.1. The van der Waals surface area contributed by atoms with E-state index >= 15 is 0 Å². The van der Waals surface area contributed by atoms with Gasteiger partial charge < -0.3 is 5.11 Å². The van der Waals surface area contributed by atoms with Crippen LogP contribution in [0.15, 0.2) is 36.7 Å². The Hall–Kier alpha value is -2.77. The Labute approximate surface area is 151 Å². The molecule has 25 heavy (non-hydrogen) atoms. The quantitative estimate of drug-likeness (QED) is 0.557. The van der Waals surface area contributed by atoms with Crippen molar-refractivity contribution in [1.29, 1.82) is 0 Å². The van der Waals surface area contributed by atoms with Crippen LogP contribution in [0.5, 0.6) is 0 Å². The topological polar surface area (TPSA) is 91.8 Å². The third kappa shape index (κ3) is 2.57. The first-order valence-corrected chi connectivity index (χ1v) is 8.53. The predicted octanol–water partition coefficient (Wildman–Crippen LogP) is 4.41. The average molecular weight is 371 g/mol. The summed E-state index contributed by atoms with van der Waals surface area (Å²) in [7, 11) is 0. The molecule has 0 spiro atoms. The van der Waals surface area contributed by atoms with E-state index in [1.807, 2.05) is 13.0 Å². The lowest BCUT2D eigenvalue weighted by Crippen LogP contribution is -1.98. The number of aromatic nitrogens is 4. The molecule has 4 rings (SSSR count). The molecule has 3 heterocycles. The molecule has 0 bridgehead atoms. The molecule has 8 heteroatoms. The summed E-state index contributed by atoms with van der Waals surface area (Å²) < 4.78 is 0. The van der Waals surface area contributed by atoms with Crippen LogP contribution in [0.1, 0.15) is 16.1 Å². The summed E-state index contributed by atoms with van der Waals surface area (Å²) >= 11 is 7.61. The van der Waals surface area contributed by atoms with Gasteiger partial charge in [0.25, 0.3) is 0 Å². The van der Waals surface area contributed by atoms with Crippen molar-refractivity contribution >= 4 is 39.8 Å². The molecule has 0 aliphatic rings. The van der Waals surface area contributed by atoms with Crippen LogP contribution in [-0.2, 0) is 0 Å². The molecule has 0 unspecified atom stereocenters. The molecule has 4 aromatic rings. The number of carboxylic acids is 1. The Morgan fingerprint density at radius 1 is 1.32 bits per heavy atom. The van der Waals surface area contributed by atoms with E-state index in [0.29, 0.717) is 26.2 Å². The molecule has 0 aliphatic heterocycles. The second kappa shape index (κ2) is 5.94. The second-order valence-corrected chi connectivity index (χ2v) is 6.84. The highest BCUT2D eigenvalue weighted by molar-refractivity contribution is 7.18. The van der Waals surface area contributed by atoms with Crippen LogP contribution < -0.4 is 0 Å². The SMILES string of the molecule is Cc1ccc(Cl)c2c(-c3nc(C(=O)O)c(-c4cccnc4)s3)[nH]nc12. The fraction of sp³-hybridized carbons (Fsp3) is 0.0588. The molecule has 124 valence electrons. The molecule has 0 aliphatic carbocycles. The number of rotatable bonds is 3. The van der Waals surface area contributed by atoms with E-state index < -0.39 is 5.97 Å². The number of carbonyl (C=O) groups is 1. The van der Waals surface area contributed by atoms with Crippen molar-refractivity contribution in [2.75, 3.05) is 0 Å². The number of thiazole rings is 1. The van der Waals surface area contributed by atoms with Gasteiger partial charge >= 0.3 is 5.97 Å². The predicted molar refractivity (Wildman–Crippen MR) is 97.1 cm³/mol. The van der Waals surface area contributed by atoms with E-state index in [2.05, 4.69) is 20.2 Å². The van der Waals surface area contributed by atoms with Crippen LogP contribution in [0.3, 0.4) is 0 Å². The molecule has 0 amide bonds. The number of aryl methyl sites for hydroxylation is 1. The highest BCUT2D eigenvalue weighted by Gasteiger charge is 2.23. The van der Waals surface area contributed by atoms with Gasteiger partial charge in [-0.1, -0.05) is 23.7 Å². The number of aromatic carboxylic acids is 1. The zero-order valence-corrected chi connectivity index (χ0v) is 14.5. The fourth-order valence-electron chi connectivity index (χ4n) is 2.64. The van der Waals surface area contributed by atoms with Crippen molar-refractivity contribution in [2.24, 2.45) is 0 Å². The van der Waals surface area contributed by atoms with Crippen molar-refractivity contribution in [3.05, 3.63) is 52.9 Å². The minimum absolute atomic E-state index is 0.0143. The fourth-order valence-corrected chi connectivity index (χ4v) is 3.94. The minimum Gasteiger partial charge on any atom is -0.476 e. The average Bonchev–Trinajstić information content (AvgIpc) is 3.24. The van der Waals surface area contributed by atoms with Gasteiger partial charge in [-0.2, -0.15) is 5.10 Å². The number of aromatic amines is 1. The number of H-pyrrole nitrogens is 1. The molecule has 3 aromatic heterocycles. The number of nitrogens with one attached hydrogen (secondary N) is 1. The third-order valence-electron chi connectivity index (χ3n) is 3.83. The maximum absolute atomic E-state index is 11.6. The number of benzene rings is 1. The Morgan fingerprint density at radius 2 is 2.16 bits per heavy atom.